The van der Waals surface area contributed by atoms with Crippen molar-refractivity contribution in [3.05, 3.63) is 88.7 Å². The molecule has 2 N–H and O–H groups in total. The van der Waals surface area contributed by atoms with E-state index in [0.717, 1.165) is 16.6 Å². The number of para-hydroxylation sites is 2. The number of carbonyl (C=O) groups excluding carboxylic acids is 1. The Morgan fingerprint density at radius 3 is 2.53 bits per heavy atom. The lowest BCUT2D eigenvalue weighted by molar-refractivity contribution is 0.0934. The largest absolute Gasteiger partial charge is 0.493 e. The first-order valence-electron chi connectivity index (χ1n) is 11.2. The van der Waals surface area contributed by atoms with Gasteiger partial charge in [0.2, 0.25) is 0 Å². The maximum Gasteiger partial charge on any atom is 0.252 e. The molecule has 0 bridgehead atoms. The van der Waals surface area contributed by atoms with Crippen molar-refractivity contribution in [3.8, 4) is 11.5 Å². The molecule has 0 fully saturated rings. The lowest BCUT2D eigenvalue weighted by atomic mass is 10.0. The number of aromatic amines is 1. The van der Waals surface area contributed by atoms with Crippen molar-refractivity contribution >= 4 is 28.5 Å². The fraction of sp³-hybridized carbons (Fsp3) is 0.259. The number of aromatic nitrogens is 2. The van der Waals surface area contributed by atoms with E-state index in [9.17, 15) is 4.79 Å². The Morgan fingerprint density at radius 1 is 1.09 bits per heavy atom. The van der Waals surface area contributed by atoms with E-state index in [1.807, 2.05) is 68.4 Å². The van der Waals surface area contributed by atoms with E-state index < -0.39 is 0 Å². The molecule has 0 aliphatic heterocycles. The number of hydrogen-bond acceptors (Lipinski definition) is 4. The van der Waals surface area contributed by atoms with Gasteiger partial charge in [0, 0.05) is 5.56 Å². The van der Waals surface area contributed by atoms with E-state index >= 15 is 0 Å². The summed E-state index contributed by atoms with van der Waals surface area (Å²) in [6.07, 6.45) is 0.576. The van der Waals surface area contributed by atoms with Gasteiger partial charge >= 0.3 is 0 Å². The van der Waals surface area contributed by atoms with Gasteiger partial charge in [-0.2, -0.15) is 0 Å². The summed E-state index contributed by atoms with van der Waals surface area (Å²) in [5, 5.41) is 3.45. The molecule has 0 aliphatic carbocycles. The van der Waals surface area contributed by atoms with Crippen LogP contribution in [0.15, 0.2) is 66.7 Å². The van der Waals surface area contributed by atoms with Crippen LogP contribution >= 0.6 is 11.6 Å². The first-order chi connectivity index (χ1) is 16.4. The van der Waals surface area contributed by atoms with E-state index in [1.165, 1.54) is 7.11 Å². The Kier molecular flexibility index (Phi) is 7.38. The molecule has 6 nitrogen and oxygen atoms in total. The van der Waals surface area contributed by atoms with Gasteiger partial charge in [-0.05, 0) is 42.2 Å². The van der Waals surface area contributed by atoms with Crippen molar-refractivity contribution in [2.24, 2.45) is 5.92 Å². The van der Waals surface area contributed by atoms with E-state index in [1.54, 1.807) is 12.1 Å². The highest BCUT2D eigenvalue weighted by Crippen LogP contribution is 2.37. The summed E-state index contributed by atoms with van der Waals surface area (Å²) in [5.74, 6) is 1.59. The van der Waals surface area contributed by atoms with E-state index in [2.05, 4.69) is 10.3 Å². The third kappa shape index (κ3) is 5.51. The minimum absolute atomic E-state index is 0.281. The minimum Gasteiger partial charge on any atom is -0.493 e. The topological polar surface area (TPSA) is 76.2 Å². The SMILES string of the molecule is COc1cc(C(=O)N[C@@H](Cc2ccccc2)c2nc3ccccc3[nH]2)cc(Cl)c1OCC(C)C. The molecule has 3 aromatic carbocycles. The molecule has 0 radical (unpaired) electrons. The molecule has 4 rings (SSSR count). The third-order valence-corrected chi connectivity index (χ3v) is 5.66. The summed E-state index contributed by atoms with van der Waals surface area (Å²) >= 11 is 6.47. The summed E-state index contributed by atoms with van der Waals surface area (Å²) in [5.41, 5.74) is 3.23. The molecule has 4 aromatic rings. The molecule has 0 unspecified atom stereocenters. The van der Waals surface area contributed by atoms with Gasteiger partial charge in [-0.3, -0.25) is 4.79 Å². The van der Waals surface area contributed by atoms with Gasteiger partial charge < -0.3 is 19.8 Å². The summed E-state index contributed by atoms with van der Waals surface area (Å²) in [4.78, 5) is 21.4. The van der Waals surface area contributed by atoms with Crippen LogP contribution in [0.3, 0.4) is 0 Å². The van der Waals surface area contributed by atoms with Gasteiger partial charge in [-0.1, -0.05) is 67.9 Å². The number of fused-ring (bicyclic) bond motifs is 1. The fourth-order valence-corrected chi connectivity index (χ4v) is 3.95. The zero-order chi connectivity index (χ0) is 24.1. The van der Waals surface area contributed by atoms with Crippen molar-refractivity contribution < 1.29 is 14.3 Å². The highest BCUT2D eigenvalue weighted by atomic mass is 35.5. The summed E-state index contributed by atoms with van der Waals surface area (Å²) < 4.78 is 11.3. The number of nitrogens with one attached hydrogen (secondary N) is 2. The number of halogens is 1. The highest BCUT2D eigenvalue weighted by molar-refractivity contribution is 6.32. The molecule has 7 heteroatoms. The molecule has 0 saturated carbocycles. The highest BCUT2D eigenvalue weighted by Gasteiger charge is 2.22. The van der Waals surface area contributed by atoms with E-state index in [0.29, 0.717) is 46.9 Å². The summed E-state index contributed by atoms with van der Waals surface area (Å²) in [6, 6.07) is 20.7. The van der Waals surface area contributed by atoms with Gasteiger partial charge in [-0.25, -0.2) is 4.98 Å². The molecule has 1 heterocycles. The predicted molar refractivity (Wildman–Crippen MR) is 135 cm³/mol. The number of imidazole rings is 1. The van der Waals surface area contributed by atoms with Crippen LogP contribution in [0, 0.1) is 5.92 Å². The van der Waals surface area contributed by atoms with Crippen molar-refractivity contribution in [2.75, 3.05) is 13.7 Å². The number of hydrogen-bond donors (Lipinski definition) is 2. The van der Waals surface area contributed by atoms with E-state index in [4.69, 9.17) is 26.1 Å². The Bertz CT molecular complexity index is 1240. The second kappa shape index (κ2) is 10.6. The smallest absolute Gasteiger partial charge is 0.252 e. The monoisotopic (exact) mass is 477 g/mol. The van der Waals surface area contributed by atoms with Gasteiger partial charge in [0.15, 0.2) is 11.5 Å². The molecule has 1 aromatic heterocycles. The lowest BCUT2D eigenvalue weighted by Gasteiger charge is -2.19. The first kappa shape index (κ1) is 23.6. The maximum absolute atomic E-state index is 13.3. The molecular formula is C27H28ClN3O3. The Labute approximate surface area is 204 Å². The second-order valence-corrected chi connectivity index (χ2v) is 8.96. The molecule has 34 heavy (non-hydrogen) atoms. The number of nitrogens with zero attached hydrogens (tertiary/aromatic N) is 1. The van der Waals surface area contributed by atoms with Crippen LogP contribution in [-0.2, 0) is 6.42 Å². The van der Waals surface area contributed by atoms with Crippen LogP contribution < -0.4 is 14.8 Å². The minimum atomic E-state index is -0.371. The van der Waals surface area contributed by atoms with Crippen molar-refractivity contribution in [2.45, 2.75) is 26.3 Å². The third-order valence-electron chi connectivity index (χ3n) is 5.38. The van der Waals surface area contributed by atoms with Gasteiger partial charge in [0.05, 0.1) is 35.8 Å². The van der Waals surface area contributed by atoms with Crippen LogP contribution in [0.2, 0.25) is 5.02 Å². The molecule has 1 amide bonds. The molecule has 0 saturated heterocycles. The molecular weight excluding hydrogens is 450 g/mol. The number of amides is 1. The zero-order valence-corrected chi connectivity index (χ0v) is 20.2. The average Bonchev–Trinajstić information content (AvgIpc) is 3.27. The van der Waals surface area contributed by atoms with Gasteiger partial charge in [0.25, 0.3) is 5.91 Å². The molecule has 1 atom stereocenters. The molecule has 0 spiro atoms. The molecule has 176 valence electrons. The lowest BCUT2D eigenvalue weighted by Crippen LogP contribution is -2.30. The Balaban J connectivity index is 1.63. The number of rotatable bonds is 9. The zero-order valence-electron chi connectivity index (χ0n) is 19.5. The Morgan fingerprint density at radius 2 is 1.82 bits per heavy atom. The van der Waals surface area contributed by atoms with Crippen LogP contribution in [0.5, 0.6) is 11.5 Å². The number of carbonyl (C=O) groups is 1. The van der Waals surface area contributed by atoms with Crippen LogP contribution in [-0.4, -0.2) is 29.6 Å². The van der Waals surface area contributed by atoms with Crippen LogP contribution in [0.4, 0.5) is 0 Å². The average molecular weight is 478 g/mol. The standard InChI is InChI=1S/C27H28ClN3O3/c1-17(2)16-34-25-20(28)14-19(15-24(25)33-3)27(32)31-23(13-18-9-5-4-6-10-18)26-29-21-11-7-8-12-22(21)30-26/h4-12,14-15,17,23H,13,16H2,1-3H3,(H,29,30)(H,31,32)/t23-/m0/s1. The Hall–Kier alpha value is -3.51. The fourth-order valence-electron chi connectivity index (χ4n) is 3.69. The van der Waals surface area contributed by atoms with Gasteiger partial charge in [-0.15, -0.1) is 0 Å². The quantitative estimate of drug-likeness (QED) is 0.311. The predicted octanol–water partition coefficient (Wildman–Crippen LogP) is 5.97. The van der Waals surface area contributed by atoms with Crippen molar-refractivity contribution in [1.82, 2.24) is 15.3 Å². The normalized spacial score (nSPS) is 12.0. The second-order valence-electron chi connectivity index (χ2n) is 8.55. The number of methoxy groups -OCH3 is 1. The van der Waals surface area contributed by atoms with Crippen molar-refractivity contribution in [1.29, 1.82) is 0 Å². The van der Waals surface area contributed by atoms with Gasteiger partial charge in [0.1, 0.15) is 5.82 Å². The van der Waals surface area contributed by atoms with Crippen LogP contribution in [0.25, 0.3) is 11.0 Å². The number of ether oxygens (including phenoxy) is 2. The number of H-pyrrole nitrogens is 1. The van der Waals surface area contributed by atoms with Crippen molar-refractivity contribution in [3.63, 3.8) is 0 Å². The first-order valence-corrected chi connectivity index (χ1v) is 11.6. The molecule has 0 aliphatic rings. The summed E-state index contributed by atoms with van der Waals surface area (Å²) in [7, 11) is 1.53. The summed E-state index contributed by atoms with van der Waals surface area (Å²) in [6.45, 7) is 4.59. The number of benzene rings is 3. The van der Waals surface area contributed by atoms with Crippen LogP contribution in [0.1, 0.15) is 41.6 Å². The van der Waals surface area contributed by atoms with E-state index in [-0.39, 0.29) is 11.9 Å². The maximum atomic E-state index is 13.3.